The van der Waals surface area contributed by atoms with Crippen molar-refractivity contribution < 1.29 is 8.42 Å². The number of fused-ring (bicyclic) bond motifs is 3. The number of hydrogen-bond donors (Lipinski definition) is 2. The third-order valence-corrected chi connectivity index (χ3v) is 6.12. The zero-order chi connectivity index (χ0) is 19.0. The third kappa shape index (κ3) is 3.00. The van der Waals surface area contributed by atoms with Gasteiger partial charge in [0.15, 0.2) is 9.84 Å². The lowest BCUT2D eigenvalue weighted by molar-refractivity contribution is 0.597. The highest BCUT2D eigenvalue weighted by molar-refractivity contribution is 7.91. The Kier molecular flexibility index (Phi) is 4.05. The summed E-state index contributed by atoms with van der Waals surface area (Å²) in [6, 6.07) is 12.4. The summed E-state index contributed by atoms with van der Waals surface area (Å²) in [4.78, 5) is 12.2. The molecule has 0 amide bonds. The summed E-state index contributed by atoms with van der Waals surface area (Å²) in [5.41, 5.74) is 2.95. The van der Waals surface area contributed by atoms with Gasteiger partial charge in [0, 0.05) is 22.2 Å². The molecule has 0 saturated carbocycles. The quantitative estimate of drug-likeness (QED) is 0.531. The van der Waals surface area contributed by atoms with Gasteiger partial charge in [0.1, 0.15) is 17.8 Å². The molecule has 0 saturated heterocycles. The highest BCUT2D eigenvalue weighted by Crippen LogP contribution is 2.31. The number of rotatable bonds is 4. The van der Waals surface area contributed by atoms with Gasteiger partial charge in [-0.3, -0.25) is 0 Å². The standard InChI is InChI=1S/C20H16N4O2S/c1-3-13-8-9-16-17(10-13)24-20-18(16)19(21-12-22-20)23-14-6-5-7-15(11-14)27(25,26)4-2/h1,5-12H,4H2,2H3,(H2,21,22,23,24). The van der Waals surface area contributed by atoms with Crippen molar-refractivity contribution >= 4 is 43.3 Å². The van der Waals surface area contributed by atoms with Gasteiger partial charge >= 0.3 is 0 Å². The van der Waals surface area contributed by atoms with E-state index in [1.54, 1.807) is 31.2 Å². The van der Waals surface area contributed by atoms with Crippen molar-refractivity contribution in [1.82, 2.24) is 15.0 Å². The molecule has 0 atom stereocenters. The molecule has 0 aliphatic rings. The first-order chi connectivity index (χ1) is 13.0. The van der Waals surface area contributed by atoms with Gasteiger partial charge in [0.05, 0.1) is 16.0 Å². The van der Waals surface area contributed by atoms with Crippen LogP contribution in [-0.2, 0) is 9.84 Å². The van der Waals surface area contributed by atoms with Crippen molar-refractivity contribution in [2.75, 3.05) is 11.1 Å². The number of hydrogen-bond acceptors (Lipinski definition) is 5. The van der Waals surface area contributed by atoms with Crippen LogP contribution in [0, 0.1) is 12.3 Å². The van der Waals surface area contributed by atoms with Crippen LogP contribution >= 0.6 is 0 Å². The number of nitrogens with zero attached hydrogens (tertiary/aromatic N) is 2. The van der Waals surface area contributed by atoms with Crippen LogP contribution in [0.2, 0.25) is 0 Å². The van der Waals surface area contributed by atoms with E-state index in [4.69, 9.17) is 6.42 Å². The van der Waals surface area contributed by atoms with E-state index >= 15 is 0 Å². The Morgan fingerprint density at radius 3 is 2.81 bits per heavy atom. The van der Waals surface area contributed by atoms with Gasteiger partial charge in [-0.05, 0) is 30.3 Å². The van der Waals surface area contributed by atoms with E-state index in [2.05, 4.69) is 26.2 Å². The second-order valence-corrected chi connectivity index (χ2v) is 8.31. The molecule has 4 rings (SSSR count). The average Bonchev–Trinajstić information content (AvgIpc) is 3.06. The van der Waals surface area contributed by atoms with Gasteiger partial charge in [-0.25, -0.2) is 18.4 Å². The number of H-pyrrole nitrogens is 1. The predicted octanol–water partition coefficient (Wildman–Crippen LogP) is 3.63. The van der Waals surface area contributed by atoms with E-state index in [0.717, 1.165) is 21.9 Å². The highest BCUT2D eigenvalue weighted by Gasteiger charge is 2.14. The number of nitrogens with one attached hydrogen (secondary N) is 2. The second-order valence-electron chi connectivity index (χ2n) is 6.03. The van der Waals surface area contributed by atoms with Gasteiger partial charge in [-0.15, -0.1) is 6.42 Å². The molecule has 4 aromatic rings. The number of anilines is 2. The maximum Gasteiger partial charge on any atom is 0.178 e. The summed E-state index contributed by atoms with van der Waals surface area (Å²) < 4.78 is 24.3. The fourth-order valence-electron chi connectivity index (χ4n) is 2.98. The predicted molar refractivity (Wildman–Crippen MR) is 107 cm³/mol. The SMILES string of the molecule is C#Cc1ccc2c(c1)[nH]c1ncnc(Nc3cccc(S(=O)(=O)CC)c3)c12. The lowest BCUT2D eigenvalue weighted by Crippen LogP contribution is -2.04. The summed E-state index contributed by atoms with van der Waals surface area (Å²) in [6.45, 7) is 1.62. The zero-order valence-corrected chi connectivity index (χ0v) is 15.3. The second kappa shape index (κ2) is 6.41. The van der Waals surface area contributed by atoms with Crippen LogP contribution in [0.25, 0.3) is 21.9 Å². The molecule has 134 valence electrons. The van der Waals surface area contributed by atoms with E-state index in [9.17, 15) is 8.42 Å². The number of sulfone groups is 1. The minimum Gasteiger partial charge on any atom is -0.340 e. The third-order valence-electron chi connectivity index (χ3n) is 4.39. The molecule has 2 heterocycles. The maximum absolute atomic E-state index is 12.1. The minimum atomic E-state index is -3.28. The fourth-order valence-corrected chi connectivity index (χ4v) is 3.91. The van der Waals surface area contributed by atoms with Crippen LogP contribution in [0.3, 0.4) is 0 Å². The molecule has 0 unspecified atom stereocenters. The molecule has 0 aliphatic carbocycles. The molecule has 0 fully saturated rings. The molecule has 2 aromatic heterocycles. The smallest absolute Gasteiger partial charge is 0.178 e. The van der Waals surface area contributed by atoms with E-state index < -0.39 is 9.84 Å². The molecule has 0 bridgehead atoms. The summed E-state index contributed by atoms with van der Waals surface area (Å²) in [7, 11) is -3.28. The van der Waals surface area contributed by atoms with Crippen molar-refractivity contribution in [3.63, 3.8) is 0 Å². The monoisotopic (exact) mass is 376 g/mol. The zero-order valence-electron chi connectivity index (χ0n) is 14.5. The lowest BCUT2D eigenvalue weighted by atomic mass is 10.1. The van der Waals surface area contributed by atoms with Gasteiger partial charge in [0.25, 0.3) is 0 Å². The van der Waals surface area contributed by atoms with Gasteiger partial charge < -0.3 is 10.3 Å². The number of aromatic nitrogens is 3. The van der Waals surface area contributed by atoms with Gasteiger partial charge in [0.2, 0.25) is 0 Å². The van der Waals surface area contributed by atoms with Crippen LogP contribution in [-0.4, -0.2) is 29.1 Å². The topological polar surface area (TPSA) is 87.7 Å². The Balaban J connectivity index is 1.83. The van der Waals surface area contributed by atoms with Crippen LogP contribution < -0.4 is 5.32 Å². The number of terminal acetylenes is 1. The highest BCUT2D eigenvalue weighted by atomic mass is 32.2. The van der Waals surface area contributed by atoms with Crippen LogP contribution in [0.5, 0.6) is 0 Å². The molecule has 6 nitrogen and oxygen atoms in total. The van der Waals surface area contributed by atoms with Gasteiger partial charge in [-0.2, -0.15) is 0 Å². The largest absolute Gasteiger partial charge is 0.340 e. The van der Waals surface area contributed by atoms with Crippen LogP contribution in [0.4, 0.5) is 11.5 Å². The van der Waals surface area contributed by atoms with Crippen molar-refractivity contribution in [2.45, 2.75) is 11.8 Å². The first-order valence-electron chi connectivity index (χ1n) is 8.34. The molecule has 7 heteroatoms. The summed E-state index contributed by atoms with van der Waals surface area (Å²) in [6.07, 6.45) is 6.93. The van der Waals surface area contributed by atoms with E-state index in [-0.39, 0.29) is 10.6 Å². The molecule has 2 aromatic carbocycles. The minimum absolute atomic E-state index is 0.0498. The average molecular weight is 376 g/mol. The molecular formula is C20H16N4O2S. The fraction of sp³-hybridized carbons (Fsp3) is 0.100. The number of aromatic amines is 1. The van der Waals surface area contributed by atoms with Crippen LogP contribution in [0.15, 0.2) is 53.7 Å². The summed E-state index contributed by atoms with van der Waals surface area (Å²) >= 11 is 0. The van der Waals surface area contributed by atoms with E-state index in [1.807, 2.05) is 18.2 Å². The lowest BCUT2D eigenvalue weighted by Gasteiger charge is -2.09. The van der Waals surface area contributed by atoms with Gasteiger partial charge in [-0.1, -0.05) is 25.0 Å². The van der Waals surface area contributed by atoms with E-state index in [0.29, 0.717) is 17.2 Å². The Labute approximate surface area is 156 Å². The maximum atomic E-state index is 12.1. The normalized spacial score (nSPS) is 11.6. The van der Waals surface area contributed by atoms with Crippen molar-refractivity contribution in [3.05, 3.63) is 54.4 Å². The Morgan fingerprint density at radius 2 is 2.04 bits per heavy atom. The molecular weight excluding hydrogens is 360 g/mol. The molecule has 0 aliphatic heterocycles. The van der Waals surface area contributed by atoms with E-state index in [1.165, 1.54) is 6.33 Å². The van der Waals surface area contributed by atoms with Crippen molar-refractivity contribution in [1.29, 1.82) is 0 Å². The summed E-state index contributed by atoms with van der Waals surface area (Å²) in [5, 5.41) is 4.97. The molecule has 2 N–H and O–H groups in total. The first kappa shape index (κ1) is 17.1. The Bertz CT molecular complexity index is 1320. The molecule has 0 radical (unpaired) electrons. The summed E-state index contributed by atoms with van der Waals surface area (Å²) in [5.74, 6) is 3.25. The molecule has 0 spiro atoms. The number of benzene rings is 2. The molecule has 27 heavy (non-hydrogen) atoms. The Morgan fingerprint density at radius 1 is 1.19 bits per heavy atom. The van der Waals surface area contributed by atoms with Crippen molar-refractivity contribution in [3.8, 4) is 12.3 Å². The van der Waals surface area contributed by atoms with Crippen molar-refractivity contribution in [2.24, 2.45) is 0 Å². The first-order valence-corrected chi connectivity index (χ1v) is 10.00. The van der Waals surface area contributed by atoms with Crippen LogP contribution in [0.1, 0.15) is 12.5 Å². The Hall–Kier alpha value is -3.37.